The Morgan fingerprint density at radius 1 is 0.222 bits per heavy atom. The summed E-state index contributed by atoms with van der Waals surface area (Å²) >= 11 is 0. The minimum absolute atomic E-state index is 0.186. The fraction of sp³-hybridized carbons (Fsp3) is 0.158. The summed E-state index contributed by atoms with van der Waals surface area (Å²) in [6, 6.07) is 40.8. The van der Waals surface area contributed by atoms with Crippen molar-refractivity contribution >= 4 is 0 Å². The van der Waals surface area contributed by atoms with Crippen molar-refractivity contribution in [1.82, 2.24) is 0 Å². The molecule has 6 N–H and O–H groups in total. The van der Waals surface area contributed by atoms with Gasteiger partial charge in [0, 0.05) is 16.7 Å². The van der Waals surface area contributed by atoms with Crippen LogP contribution in [0.5, 0.6) is 34.5 Å². The topological polar surface area (TPSA) is 121 Å². The molecule has 0 heterocycles. The number of hydrogen-bond acceptors (Lipinski definition) is 6. The van der Waals surface area contributed by atoms with Gasteiger partial charge in [-0.2, -0.15) is 0 Å². The van der Waals surface area contributed by atoms with Gasteiger partial charge in [-0.15, -0.1) is 0 Å². The standard InChI is InChI=1S/C30H30O3.C27H24O3/c1-16-7-22(8-17(2)28(16)31)25-13-26(23-9-18(3)29(32)19(4)10-23)15-27(14-25)24-11-20(5)30(33)21(6)12-24;1-16-4-7-25(28)22(10-16)19-13-20(23-11-17(2)5-8-26(23)29)15-21(14-19)24-12-18(3)6-9-27(24)30/h7-15,31-33H,1-6H3;4-15,28-30H,1-3H3. The third-order valence-corrected chi connectivity index (χ3v) is 11.7. The van der Waals surface area contributed by atoms with Crippen LogP contribution in [0.15, 0.2) is 127 Å². The second kappa shape index (κ2) is 17.5. The molecule has 0 atom stereocenters. The molecule has 0 amide bonds. The zero-order valence-corrected chi connectivity index (χ0v) is 37.3. The Morgan fingerprint density at radius 2 is 0.413 bits per heavy atom. The van der Waals surface area contributed by atoms with Gasteiger partial charge in [0.25, 0.3) is 0 Å². The Morgan fingerprint density at radius 3 is 0.635 bits per heavy atom. The minimum Gasteiger partial charge on any atom is -0.507 e. The molecule has 0 aliphatic carbocycles. The van der Waals surface area contributed by atoms with Gasteiger partial charge in [-0.05, 0) is 255 Å². The largest absolute Gasteiger partial charge is 0.507 e. The molecule has 318 valence electrons. The summed E-state index contributed by atoms with van der Waals surface area (Å²) in [5.41, 5.74) is 18.9. The van der Waals surface area contributed by atoms with E-state index >= 15 is 0 Å². The van der Waals surface area contributed by atoms with Gasteiger partial charge in [0.2, 0.25) is 0 Å². The molecule has 0 saturated carbocycles. The van der Waals surface area contributed by atoms with Crippen LogP contribution in [0.1, 0.15) is 50.1 Å². The lowest BCUT2D eigenvalue weighted by Gasteiger charge is -2.15. The van der Waals surface area contributed by atoms with E-state index in [1.54, 1.807) is 18.2 Å². The van der Waals surface area contributed by atoms with Gasteiger partial charge in [-0.25, -0.2) is 0 Å². The number of aryl methyl sites for hydroxylation is 9. The highest BCUT2D eigenvalue weighted by Gasteiger charge is 2.16. The summed E-state index contributed by atoms with van der Waals surface area (Å²) in [6.45, 7) is 17.4. The van der Waals surface area contributed by atoms with Gasteiger partial charge in [0.1, 0.15) is 34.5 Å². The quantitative estimate of drug-likeness (QED) is 0.0992. The van der Waals surface area contributed by atoms with Gasteiger partial charge in [0.15, 0.2) is 0 Å². The third-order valence-electron chi connectivity index (χ3n) is 11.7. The maximum Gasteiger partial charge on any atom is 0.123 e. The van der Waals surface area contributed by atoms with E-state index in [2.05, 4.69) is 18.2 Å². The number of rotatable bonds is 6. The van der Waals surface area contributed by atoms with Crippen molar-refractivity contribution < 1.29 is 30.6 Å². The highest BCUT2D eigenvalue weighted by molar-refractivity contribution is 5.87. The molecule has 0 aliphatic heterocycles. The second-order valence-electron chi connectivity index (χ2n) is 17.0. The summed E-state index contributed by atoms with van der Waals surface area (Å²) in [5, 5.41) is 62.3. The van der Waals surface area contributed by atoms with Crippen LogP contribution in [0, 0.1) is 62.3 Å². The molecule has 6 nitrogen and oxygen atoms in total. The highest BCUT2D eigenvalue weighted by Crippen LogP contribution is 2.42. The van der Waals surface area contributed by atoms with E-state index < -0.39 is 0 Å². The van der Waals surface area contributed by atoms with Crippen molar-refractivity contribution in [1.29, 1.82) is 0 Å². The zero-order chi connectivity index (χ0) is 45.4. The average Bonchev–Trinajstić information content (AvgIpc) is 3.25. The predicted octanol–water partition coefficient (Wildman–Crippen LogP) is 14.4. The summed E-state index contributed by atoms with van der Waals surface area (Å²) in [6.07, 6.45) is 0. The van der Waals surface area contributed by atoms with Crippen LogP contribution >= 0.6 is 0 Å². The van der Waals surface area contributed by atoms with E-state index in [1.807, 2.05) is 153 Å². The van der Waals surface area contributed by atoms with Crippen molar-refractivity contribution in [3.05, 3.63) is 177 Å². The number of phenols is 6. The number of benzene rings is 8. The van der Waals surface area contributed by atoms with Crippen molar-refractivity contribution in [3.63, 3.8) is 0 Å². The monoisotopic (exact) mass is 834 g/mol. The van der Waals surface area contributed by atoms with Crippen LogP contribution in [0.2, 0.25) is 0 Å². The third kappa shape index (κ3) is 9.26. The van der Waals surface area contributed by atoms with Gasteiger partial charge in [-0.1, -0.05) is 34.9 Å². The first kappa shape index (κ1) is 43.6. The molecule has 63 heavy (non-hydrogen) atoms. The smallest absolute Gasteiger partial charge is 0.123 e. The maximum absolute atomic E-state index is 10.5. The normalized spacial score (nSPS) is 11.0. The van der Waals surface area contributed by atoms with Crippen molar-refractivity contribution in [2.24, 2.45) is 0 Å². The molecular weight excluding hydrogens is 781 g/mol. The molecule has 0 radical (unpaired) electrons. The van der Waals surface area contributed by atoms with Crippen LogP contribution in [0.25, 0.3) is 66.8 Å². The van der Waals surface area contributed by atoms with E-state index in [0.717, 1.165) is 100 Å². The lowest BCUT2D eigenvalue weighted by Crippen LogP contribution is -1.91. The Bertz CT molecular complexity index is 2650. The molecule has 0 spiro atoms. The van der Waals surface area contributed by atoms with Crippen LogP contribution in [-0.4, -0.2) is 30.6 Å². The first-order valence-electron chi connectivity index (χ1n) is 21.0. The molecule has 8 aromatic rings. The molecule has 0 fully saturated rings. The van der Waals surface area contributed by atoms with Gasteiger partial charge >= 0.3 is 0 Å². The van der Waals surface area contributed by atoms with Crippen molar-refractivity contribution in [3.8, 4) is 101 Å². The second-order valence-corrected chi connectivity index (χ2v) is 17.0. The summed E-state index contributed by atoms with van der Waals surface area (Å²) in [4.78, 5) is 0. The summed E-state index contributed by atoms with van der Waals surface area (Å²) < 4.78 is 0. The Labute approximate surface area is 370 Å². The van der Waals surface area contributed by atoms with Crippen LogP contribution in [0.3, 0.4) is 0 Å². The molecule has 8 aromatic carbocycles. The molecule has 0 aromatic heterocycles. The molecule has 0 saturated heterocycles. The summed E-state index contributed by atoms with van der Waals surface area (Å²) in [7, 11) is 0. The Hall–Kier alpha value is -7.44. The van der Waals surface area contributed by atoms with E-state index in [4.69, 9.17) is 0 Å². The Balaban J connectivity index is 0.000000190. The van der Waals surface area contributed by atoms with Crippen LogP contribution < -0.4 is 0 Å². The fourth-order valence-corrected chi connectivity index (χ4v) is 8.23. The first-order valence-corrected chi connectivity index (χ1v) is 21.0. The SMILES string of the molecule is Cc1cc(-c2cc(-c3cc(C)c(O)c(C)c3)cc(-c3cc(C)c(O)c(C)c3)c2)cc(C)c1O.Cc1ccc(O)c(-c2cc(-c3cc(C)ccc3O)cc(-c3cc(C)ccc3O)c2)c1. The molecule has 0 unspecified atom stereocenters. The number of hydrogen-bond donors (Lipinski definition) is 6. The average molecular weight is 835 g/mol. The van der Waals surface area contributed by atoms with Crippen molar-refractivity contribution in [2.75, 3.05) is 0 Å². The van der Waals surface area contributed by atoms with E-state index in [0.29, 0.717) is 33.9 Å². The molecule has 0 aliphatic rings. The number of aromatic hydroxyl groups is 6. The molecule has 0 bridgehead atoms. The molecule has 8 rings (SSSR count). The fourth-order valence-electron chi connectivity index (χ4n) is 8.23. The highest BCUT2D eigenvalue weighted by atomic mass is 16.3. The summed E-state index contributed by atoms with van der Waals surface area (Å²) in [5.74, 6) is 1.53. The maximum atomic E-state index is 10.5. The lowest BCUT2D eigenvalue weighted by molar-refractivity contribution is 0.466. The predicted molar refractivity (Wildman–Crippen MR) is 258 cm³/mol. The first-order chi connectivity index (χ1) is 29.9. The zero-order valence-electron chi connectivity index (χ0n) is 37.3. The van der Waals surface area contributed by atoms with Crippen molar-refractivity contribution in [2.45, 2.75) is 62.3 Å². The van der Waals surface area contributed by atoms with E-state index in [-0.39, 0.29) is 17.2 Å². The molecular formula is C57H54O6. The van der Waals surface area contributed by atoms with E-state index in [9.17, 15) is 30.6 Å². The van der Waals surface area contributed by atoms with E-state index in [1.165, 1.54) is 0 Å². The van der Waals surface area contributed by atoms with Gasteiger partial charge in [0.05, 0.1) is 0 Å². The van der Waals surface area contributed by atoms with Gasteiger partial charge < -0.3 is 30.6 Å². The van der Waals surface area contributed by atoms with Gasteiger partial charge in [-0.3, -0.25) is 0 Å². The minimum atomic E-state index is 0.186. The Kier molecular flexibility index (Phi) is 12.1. The lowest BCUT2D eigenvalue weighted by atomic mass is 9.90. The van der Waals surface area contributed by atoms with Crippen LogP contribution in [0.4, 0.5) is 0 Å². The number of phenolic OH excluding ortho intramolecular Hbond substituents is 6. The van der Waals surface area contributed by atoms with Crippen LogP contribution in [-0.2, 0) is 0 Å². The molecule has 6 heteroatoms.